The van der Waals surface area contributed by atoms with Gasteiger partial charge in [0, 0.05) is 22.5 Å². The molecule has 0 atom stereocenters. The van der Waals surface area contributed by atoms with Crippen molar-refractivity contribution in [3.63, 3.8) is 0 Å². The van der Waals surface area contributed by atoms with Crippen LogP contribution in [-0.2, 0) is 5.41 Å². The topological polar surface area (TPSA) is 21.7 Å². The summed E-state index contributed by atoms with van der Waals surface area (Å²) in [5.41, 5.74) is 12.5. The molecule has 0 fully saturated rings. The molecule has 1 aliphatic carbocycles. The number of halogens is 1. The minimum absolute atomic E-state index is 0.128. The summed E-state index contributed by atoms with van der Waals surface area (Å²) in [5, 5.41) is 2.28. The van der Waals surface area contributed by atoms with Gasteiger partial charge in [0.25, 0.3) is 0 Å². The van der Waals surface area contributed by atoms with Crippen LogP contribution in [0.25, 0.3) is 44.2 Å². The first-order valence-electron chi connectivity index (χ1n) is 17.9. The van der Waals surface area contributed by atoms with Crippen molar-refractivity contribution in [2.75, 3.05) is 4.90 Å². The van der Waals surface area contributed by atoms with Crippen molar-refractivity contribution >= 4 is 27.8 Å². The highest BCUT2D eigenvalue weighted by molar-refractivity contribution is 5.93. The molecule has 1 aliphatic heterocycles. The smallest absolute Gasteiger partial charge is 0.170 e. The average Bonchev–Trinajstić information content (AvgIpc) is 3.43. The van der Waals surface area contributed by atoms with Gasteiger partial charge in [-0.1, -0.05) is 105 Å². The van der Waals surface area contributed by atoms with Crippen molar-refractivity contribution in [1.29, 1.82) is 0 Å². The summed E-state index contributed by atoms with van der Waals surface area (Å²) in [6.07, 6.45) is 0. The molecule has 8 aromatic carbocycles. The van der Waals surface area contributed by atoms with Crippen LogP contribution in [0.4, 0.5) is 21.5 Å². The Morgan fingerprint density at radius 2 is 0.943 bits per heavy atom. The quantitative estimate of drug-likeness (QED) is 0.180. The minimum atomic E-state index is -0.237. The standard InChI is InChI=1S/C49H34FNO2/c1-49(2)43-8-4-3-7-41(43)42-25-24-40(30-44(42)49)51(38-21-15-32(16-22-38)31-13-19-37(50)20-14-31)39-23-17-34-27-33(11-12-35(34)28-39)36-18-26-47-48(29-36)53-46-10-6-5-9-45(46)52-47/h3-30H,1-2H3. The van der Waals surface area contributed by atoms with Crippen molar-refractivity contribution in [2.24, 2.45) is 0 Å². The highest BCUT2D eigenvalue weighted by Gasteiger charge is 2.35. The summed E-state index contributed by atoms with van der Waals surface area (Å²) in [5.74, 6) is 2.62. The molecule has 0 unspecified atom stereocenters. The van der Waals surface area contributed by atoms with E-state index in [0.29, 0.717) is 17.2 Å². The molecule has 0 radical (unpaired) electrons. The Morgan fingerprint density at radius 3 is 1.74 bits per heavy atom. The number of fused-ring (bicyclic) bond motifs is 6. The van der Waals surface area contributed by atoms with E-state index in [1.54, 1.807) is 0 Å². The van der Waals surface area contributed by atoms with Gasteiger partial charge in [0.1, 0.15) is 5.82 Å². The molecule has 1 heterocycles. The number of ether oxygens (including phenoxy) is 2. The Labute approximate surface area is 308 Å². The summed E-state index contributed by atoms with van der Waals surface area (Å²) >= 11 is 0. The molecule has 0 saturated carbocycles. The van der Waals surface area contributed by atoms with Crippen molar-refractivity contribution in [2.45, 2.75) is 19.3 Å². The highest BCUT2D eigenvalue weighted by atomic mass is 19.1. The maximum absolute atomic E-state index is 13.7. The Balaban J connectivity index is 1.04. The summed E-state index contributed by atoms with van der Waals surface area (Å²) in [4.78, 5) is 2.33. The monoisotopic (exact) mass is 687 g/mol. The molecule has 0 saturated heterocycles. The number of hydrogen-bond donors (Lipinski definition) is 0. The van der Waals surface area contributed by atoms with Crippen LogP contribution < -0.4 is 14.4 Å². The van der Waals surface area contributed by atoms with Crippen LogP contribution in [0.15, 0.2) is 170 Å². The summed E-state index contributed by atoms with van der Waals surface area (Å²) in [6, 6.07) is 57.9. The average molecular weight is 688 g/mol. The molecule has 4 heteroatoms. The van der Waals surface area contributed by atoms with E-state index in [1.807, 2.05) is 48.5 Å². The first kappa shape index (κ1) is 31.1. The van der Waals surface area contributed by atoms with Gasteiger partial charge in [-0.3, -0.25) is 0 Å². The van der Waals surface area contributed by atoms with Crippen molar-refractivity contribution in [3.05, 3.63) is 187 Å². The van der Waals surface area contributed by atoms with E-state index in [0.717, 1.165) is 55.8 Å². The zero-order valence-electron chi connectivity index (χ0n) is 29.3. The number of nitrogens with zero attached hydrogens (tertiary/aromatic N) is 1. The van der Waals surface area contributed by atoms with Crippen molar-refractivity contribution in [3.8, 4) is 56.4 Å². The maximum atomic E-state index is 13.7. The first-order chi connectivity index (χ1) is 25.9. The van der Waals surface area contributed by atoms with Gasteiger partial charge in [0.15, 0.2) is 23.0 Å². The number of hydrogen-bond acceptors (Lipinski definition) is 3. The normalized spacial score (nSPS) is 13.3. The fourth-order valence-corrected chi connectivity index (χ4v) is 7.98. The third-order valence-electron chi connectivity index (χ3n) is 10.8. The van der Waals surface area contributed by atoms with Crippen LogP contribution >= 0.6 is 0 Å². The Kier molecular flexibility index (Phi) is 7.02. The molecule has 3 nitrogen and oxygen atoms in total. The molecular formula is C49H34FNO2. The van der Waals surface area contributed by atoms with Gasteiger partial charge in [-0.25, -0.2) is 4.39 Å². The fraction of sp³-hybridized carbons (Fsp3) is 0.0612. The van der Waals surface area contributed by atoms with Gasteiger partial charge in [0.05, 0.1) is 0 Å². The Morgan fingerprint density at radius 1 is 0.415 bits per heavy atom. The van der Waals surface area contributed by atoms with Gasteiger partial charge in [0.2, 0.25) is 0 Å². The zero-order chi connectivity index (χ0) is 35.7. The third-order valence-corrected chi connectivity index (χ3v) is 10.8. The molecule has 2 aliphatic rings. The Hall–Kier alpha value is -6.65. The molecule has 8 aromatic rings. The molecular weight excluding hydrogens is 654 g/mol. The molecule has 0 amide bonds. The van der Waals surface area contributed by atoms with Crippen LogP contribution in [0.5, 0.6) is 23.0 Å². The van der Waals surface area contributed by atoms with Gasteiger partial charge >= 0.3 is 0 Å². The number of anilines is 3. The van der Waals surface area contributed by atoms with E-state index in [1.165, 1.54) is 34.4 Å². The lowest BCUT2D eigenvalue weighted by atomic mass is 9.82. The van der Waals surface area contributed by atoms with Crippen molar-refractivity contribution < 1.29 is 13.9 Å². The Bertz CT molecular complexity index is 2710. The van der Waals surface area contributed by atoms with Gasteiger partial charge in [-0.15, -0.1) is 0 Å². The third kappa shape index (κ3) is 5.25. The molecule has 10 rings (SSSR count). The van der Waals surface area contributed by atoms with Crippen LogP contribution in [0.2, 0.25) is 0 Å². The number of rotatable bonds is 5. The van der Waals surface area contributed by atoms with Crippen LogP contribution in [-0.4, -0.2) is 0 Å². The van der Waals surface area contributed by atoms with E-state index in [-0.39, 0.29) is 11.2 Å². The number of benzene rings is 8. The van der Waals surface area contributed by atoms with Crippen LogP contribution in [0.1, 0.15) is 25.0 Å². The summed E-state index contributed by atoms with van der Waals surface area (Å²) in [6.45, 7) is 4.63. The molecule has 0 N–H and O–H groups in total. The summed E-state index contributed by atoms with van der Waals surface area (Å²) in [7, 11) is 0. The van der Waals surface area contributed by atoms with Gasteiger partial charge < -0.3 is 14.4 Å². The van der Waals surface area contributed by atoms with E-state index < -0.39 is 0 Å². The lowest BCUT2D eigenvalue weighted by Gasteiger charge is -2.28. The molecule has 53 heavy (non-hydrogen) atoms. The molecule has 0 bridgehead atoms. The van der Waals surface area contributed by atoms with E-state index in [2.05, 4.69) is 128 Å². The van der Waals surface area contributed by atoms with Crippen LogP contribution in [0.3, 0.4) is 0 Å². The second-order valence-electron chi connectivity index (χ2n) is 14.3. The summed E-state index contributed by atoms with van der Waals surface area (Å²) < 4.78 is 26.0. The van der Waals surface area contributed by atoms with Gasteiger partial charge in [-0.05, 0) is 134 Å². The first-order valence-corrected chi connectivity index (χ1v) is 17.9. The predicted octanol–water partition coefficient (Wildman–Crippen LogP) is 14.0. The largest absolute Gasteiger partial charge is 0.450 e. The lowest BCUT2D eigenvalue weighted by Crippen LogP contribution is -2.16. The maximum Gasteiger partial charge on any atom is 0.170 e. The number of para-hydroxylation sites is 2. The zero-order valence-corrected chi connectivity index (χ0v) is 29.3. The predicted molar refractivity (Wildman–Crippen MR) is 214 cm³/mol. The highest BCUT2D eigenvalue weighted by Crippen LogP contribution is 2.51. The molecule has 0 spiro atoms. The second-order valence-corrected chi connectivity index (χ2v) is 14.3. The minimum Gasteiger partial charge on any atom is -0.450 e. The van der Waals surface area contributed by atoms with E-state index >= 15 is 0 Å². The van der Waals surface area contributed by atoms with Crippen LogP contribution in [0, 0.1) is 5.82 Å². The lowest BCUT2D eigenvalue weighted by molar-refractivity contribution is 0.360. The van der Waals surface area contributed by atoms with Crippen molar-refractivity contribution in [1.82, 2.24) is 0 Å². The van der Waals surface area contributed by atoms with E-state index in [4.69, 9.17) is 9.47 Å². The van der Waals surface area contributed by atoms with Gasteiger partial charge in [-0.2, -0.15) is 0 Å². The molecule has 0 aromatic heterocycles. The second kappa shape index (κ2) is 12.0. The van der Waals surface area contributed by atoms with E-state index in [9.17, 15) is 4.39 Å². The fourth-order valence-electron chi connectivity index (χ4n) is 7.98. The molecule has 254 valence electrons. The SMILES string of the molecule is CC1(C)c2ccccc2-c2ccc(N(c3ccc(-c4ccc(F)cc4)cc3)c3ccc4cc(-c5ccc6c(c5)Oc5ccccc5O6)ccc4c3)cc21.